The molecule has 0 atom stereocenters. The molecule has 1 amide bonds. The summed E-state index contributed by atoms with van der Waals surface area (Å²) in [5, 5.41) is 10.9. The third-order valence-corrected chi connectivity index (χ3v) is 4.16. The molecule has 0 unspecified atom stereocenters. The SMILES string of the molecule is CCOC(=O)c1nc(C(=O)N2CCC(CO)CC2)cs1. The normalized spacial score (nSPS) is 16.2. The van der Waals surface area contributed by atoms with Crippen LogP contribution >= 0.6 is 11.3 Å². The number of thiazole rings is 1. The molecular weight excluding hydrogens is 280 g/mol. The second-order valence-electron chi connectivity index (χ2n) is 4.68. The Bertz CT molecular complexity index is 480. The fourth-order valence-corrected chi connectivity index (χ4v) is 2.82. The summed E-state index contributed by atoms with van der Waals surface area (Å²) in [6, 6.07) is 0. The van der Waals surface area contributed by atoms with Crippen LogP contribution < -0.4 is 0 Å². The van der Waals surface area contributed by atoms with Gasteiger partial charge in [-0.1, -0.05) is 0 Å². The summed E-state index contributed by atoms with van der Waals surface area (Å²) >= 11 is 1.12. The summed E-state index contributed by atoms with van der Waals surface area (Å²) in [6.07, 6.45) is 1.61. The molecule has 0 saturated carbocycles. The molecule has 1 aliphatic rings. The Kier molecular flexibility index (Phi) is 5.08. The van der Waals surface area contributed by atoms with Crippen LogP contribution in [-0.4, -0.2) is 53.2 Å². The van der Waals surface area contributed by atoms with E-state index in [0.29, 0.717) is 18.8 Å². The van der Waals surface area contributed by atoms with Crippen molar-refractivity contribution in [1.29, 1.82) is 0 Å². The van der Waals surface area contributed by atoms with Gasteiger partial charge in [0, 0.05) is 25.1 Å². The molecule has 6 nitrogen and oxygen atoms in total. The number of nitrogens with zero attached hydrogens (tertiary/aromatic N) is 2. The molecule has 1 aliphatic heterocycles. The van der Waals surface area contributed by atoms with Crippen molar-refractivity contribution in [2.45, 2.75) is 19.8 Å². The Balaban J connectivity index is 1.98. The molecule has 0 spiro atoms. The Morgan fingerprint density at radius 2 is 2.20 bits per heavy atom. The lowest BCUT2D eigenvalue weighted by Crippen LogP contribution is -2.39. The lowest BCUT2D eigenvalue weighted by Gasteiger charge is -2.30. The van der Waals surface area contributed by atoms with Crippen LogP contribution in [0.1, 0.15) is 40.1 Å². The van der Waals surface area contributed by atoms with Gasteiger partial charge in [-0.05, 0) is 25.7 Å². The molecule has 1 aromatic rings. The van der Waals surface area contributed by atoms with Crippen molar-refractivity contribution in [3.63, 3.8) is 0 Å². The zero-order valence-corrected chi connectivity index (χ0v) is 12.2. The van der Waals surface area contributed by atoms with Crippen LogP contribution in [0.3, 0.4) is 0 Å². The van der Waals surface area contributed by atoms with Crippen LogP contribution in [0, 0.1) is 5.92 Å². The maximum atomic E-state index is 12.2. The number of esters is 1. The van der Waals surface area contributed by atoms with E-state index in [2.05, 4.69) is 4.98 Å². The molecule has 0 aliphatic carbocycles. The van der Waals surface area contributed by atoms with Crippen LogP contribution in [-0.2, 0) is 4.74 Å². The molecular formula is C13H18N2O4S. The fraction of sp³-hybridized carbons (Fsp3) is 0.615. The van der Waals surface area contributed by atoms with Crippen molar-refractivity contribution in [3.05, 3.63) is 16.1 Å². The average Bonchev–Trinajstić information content (AvgIpc) is 2.97. The molecule has 7 heteroatoms. The Morgan fingerprint density at radius 3 is 2.80 bits per heavy atom. The van der Waals surface area contributed by atoms with Crippen molar-refractivity contribution >= 4 is 23.2 Å². The van der Waals surface area contributed by atoms with Crippen molar-refractivity contribution in [2.24, 2.45) is 5.92 Å². The van der Waals surface area contributed by atoms with Crippen LogP contribution in [0.4, 0.5) is 0 Å². The lowest BCUT2D eigenvalue weighted by molar-refractivity contribution is 0.0525. The van der Waals surface area contributed by atoms with Gasteiger partial charge in [-0.2, -0.15) is 0 Å². The molecule has 1 N–H and O–H groups in total. The molecule has 2 rings (SSSR count). The number of likely N-dealkylation sites (tertiary alicyclic amines) is 1. The number of amides is 1. The largest absolute Gasteiger partial charge is 0.461 e. The van der Waals surface area contributed by atoms with Gasteiger partial charge in [0.15, 0.2) is 0 Å². The van der Waals surface area contributed by atoms with Gasteiger partial charge >= 0.3 is 5.97 Å². The summed E-state index contributed by atoms with van der Waals surface area (Å²) < 4.78 is 4.85. The van der Waals surface area contributed by atoms with E-state index in [9.17, 15) is 9.59 Å². The first-order valence-electron chi connectivity index (χ1n) is 6.68. The van der Waals surface area contributed by atoms with E-state index >= 15 is 0 Å². The first kappa shape index (κ1) is 14.9. The summed E-state index contributed by atoms with van der Waals surface area (Å²) in [6.45, 7) is 3.43. The van der Waals surface area contributed by atoms with E-state index < -0.39 is 5.97 Å². The van der Waals surface area contributed by atoms with Crippen LogP contribution in [0.5, 0.6) is 0 Å². The molecule has 0 aromatic carbocycles. The molecule has 0 bridgehead atoms. The van der Waals surface area contributed by atoms with Gasteiger partial charge in [0.2, 0.25) is 5.01 Å². The van der Waals surface area contributed by atoms with E-state index in [0.717, 1.165) is 24.2 Å². The van der Waals surface area contributed by atoms with Crippen molar-refractivity contribution < 1.29 is 19.4 Å². The molecule has 20 heavy (non-hydrogen) atoms. The maximum Gasteiger partial charge on any atom is 0.367 e. The highest BCUT2D eigenvalue weighted by molar-refractivity contribution is 7.11. The number of rotatable bonds is 4. The molecule has 1 aromatic heterocycles. The molecule has 1 saturated heterocycles. The van der Waals surface area contributed by atoms with Crippen molar-refractivity contribution in [2.75, 3.05) is 26.3 Å². The number of ether oxygens (including phenoxy) is 1. The van der Waals surface area contributed by atoms with Gasteiger partial charge in [-0.25, -0.2) is 9.78 Å². The molecule has 2 heterocycles. The van der Waals surface area contributed by atoms with E-state index in [-0.39, 0.29) is 30.0 Å². The minimum absolute atomic E-state index is 0.159. The second-order valence-corrected chi connectivity index (χ2v) is 5.53. The lowest BCUT2D eigenvalue weighted by atomic mass is 9.98. The topological polar surface area (TPSA) is 79.7 Å². The zero-order chi connectivity index (χ0) is 14.5. The highest BCUT2D eigenvalue weighted by Crippen LogP contribution is 2.19. The summed E-state index contributed by atoms with van der Waals surface area (Å²) in [5.74, 6) is -0.367. The summed E-state index contributed by atoms with van der Waals surface area (Å²) in [4.78, 5) is 29.5. The van der Waals surface area contributed by atoms with Gasteiger partial charge in [0.1, 0.15) is 5.69 Å². The number of hydrogen-bond donors (Lipinski definition) is 1. The maximum absolute atomic E-state index is 12.2. The monoisotopic (exact) mass is 298 g/mol. The third-order valence-electron chi connectivity index (χ3n) is 3.33. The Hall–Kier alpha value is -1.47. The minimum Gasteiger partial charge on any atom is -0.461 e. The quantitative estimate of drug-likeness (QED) is 0.844. The standard InChI is InChI=1S/C13H18N2O4S/c1-2-19-13(18)11-14-10(8-20-11)12(17)15-5-3-9(7-16)4-6-15/h8-9,16H,2-7H2,1H3. The number of carbonyl (C=O) groups excluding carboxylic acids is 2. The smallest absolute Gasteiger partial charge is 0.367 e. The third kappa shape index (κ3) is 3.34. The van der Waals surface area contributed by atoms with E-state index in [1.54, 1.807) is 17.2 Å². The second kappa shape index (κ2) is 6.81. The summed E-state index contributed by atoms with van der Waals surface area (Å²) in [5.41, 5.74) is 0.292. The van der Waals surface area contributed by atoms with Gasteiger partial charge < -0.3 is 14.7 Å². The highest BCUT2D eigenvalue weighted by Gasteiger charge is 2.25. The minimum atomic E-state index is -0.490. The number of aliphatic hydroxyl groups is 1. The van der Waals surface area contributed by atoms with Crippen LogP contribution in [0.15, 0.2) is 5.38 Å². The van der Waals surface area contributed by atoms with E-state index in [1.807, 2.05) is 0 Å². The van der Waals surface area contributed by atoms with Gasteiger partial charge in [-0.3, -0.25) is 4.79 Å². The Labute approximate surface area is 121 Å². The van der Waals surface area contributed by atoms with Crippen LogP contribution in [0.2, 0.25) is 0 Å². The predicted octanol–water partition coefficient (Wildman–Crippen LogP) is 1.16. The van der Waals surface area contributed by atoms with E-state index in [4.69, 9.17) is 9.84 Å². The zero-order valence-electron chi connectivity index (χ0n) is 11.4. The van der Waals surface area contributed by atoms with Gasteiger partial charge in [0.05, 0.1) is 6.61 Å². The van der Waals surface area contributed by atoms with Crippen molar-refractivity contribution in [1.82, 2.24) is 9.88 Å². The first-order valence-corrected chi connectivity index (χ1v) is 7.56. The van der Waals surface area contributed by atoms with E-state index in [1.165, 1.54) is 0 Å². The number of carbonyl (C=O) groups is 2. The van der Waals surface area contributed by atoms with Crippen molar-refractivity contribution in [3.8, 4) is 0 Å². The highest BCUT2D eigenvalue weighted by atomic mass is 32.1. The predicted molar refractivity (Wildman–Crippen MR) is 73.8 cm³/mol. The average molecular weight is 298 g/mol. The first-order chi connectivity index (χ1) is 9.65. The molecule has 0 radical (unpaired) electrons. The van der Waals surface area contributed by atoms with Gasteiger partial charge in [-0.15, -0.1) is 11.3 Å². The molecule has 110 valence electrons. The number of piperidine rings is 1. The fourth-order valence-electron chi connectivity index (χ4n) is 2.14. The number of hydrogen-bond acceptors (Lipinski definition) is 6. The number of aliphatic hydroxyl groups excluding tert-OH is 1. The number of aromatic nitrogens is 1. The van der Waals surface area contributed by atoms with Gasteiger partial charge in [0.25, 0.3) is 5.91 Å². The molecule has 1 fully saturated rings. The Morgan fingerprint density at radius 1 is 1.50 bits per heavy atom. The summed E-state index contributed by atoms with van der Waals surface area (Å²) in [7, 11) is 0. The van der Waals surface area contributed by atoms with Crippen LogP contribution in [0.25, 0.3) is 0 Å².